The highest BCUT2D eigenvalue weighted by molar-refractivity contribution is 6.30. The van der Waals surface area contributed by atoms with E-state index in [9.17, 15) is 4.79 Å². The number of hydrogen-bond donors (Lipinski definition) is 0. The van der Waals surface area contributed by atoms with E-state index in [0.717, 1.165) is 0 Å². The van der Waals surface area contributed by atoms with Crippen molar-refractivity contribution in [3.63, 3.8) is 0 Å². The summed E-state index contributed by atoms with van der Waals surface area (Å²) < 4.78 is 5.95. The van der Waals surface area contributed by atoms with E-state index in [-0.39, 0.29) is 0 Å². The van der Waals surface area contributed by atoms with E-state index < -0.39 is 5.76 Å². The summed E-state index contributed by atoms with van der Waals surface area (Å²) in [5.74, 6) is -0.158. The van der Waals surface area contributed by atoms with Gasteiger partial charge in [0.05, 0.1) is 5.69 Å². The van der Waals surface area contributed by atoms with Gasteiger partial charge in [-0.1, -0.05) is 11.6 Å². The smallest absolute Gasteiger partial charge is 0.392 e. The van der Waals surface area contributed by atoms with Gasteiger partial charge in [-0.3, -0.25) is 0 Å². The van der Waals surface area contributed by atoms with Crippen LogP contribution < -0.4 is 5.76 Å². The second kappa shape index (κ2) is 3.31. The van der Waals surface area contributed by atoms with E-state index in [0.29, 0.717) is 16.6 Å². The number of aromatic nitrogens is 2. The molecule has 0 bridgehead atoms. The normalized spacial score (nSPS) is 10.4. The lowest BCUT2D eigenvalue weighted by atomic mass is 10.3. The zero-order valence-corrected chi connectivity index (χ0v) is 8.15. The molecule has 0 aliphatic rings. The molecule has 2 rings (SSSR count). The van der Waals surface area contributed by atoms with Gasteiger partial charge in [0.1, 0.15) is 0 Å². The summed E-state index contributed by atoms with van der Waals surface area (Å²) in [5, 5.41) is 4.52. The lowest BCUT2D eigenvalue weighted by Crippen LogP contribution is -2.13. The first-order chi connectivity index (χ1) is 6.66. The van der Waals surface area contributed by atoms with Crippen molar-refractivity contribution >= 4 is 11.6 Å². The summed E-state index contributed by atoms with van der Waals surface area (Å²) in [4.78, 5) is 11.2. The van der Waals surface area contributed by atoms with Crippen LogP contribution >= 0.6 is 11.6 Å². The first-order valence-corrected chi connectivity index (χ1v) is 4.37. The molecule has 0 saturated heterocycles. The Morgan fingerprint density at radius 1 is 1.36 bits per heavy atom. The van der Waals surface area contributed by atoms with Crippen molar-refractivity contribution in [1.82, 2.24) is 9.78 Å². The minimum Gasteiger partial charge on any atom is -0.392 e. The molecule has 0 N–H and O–H groups in total. The van der Waals surface area contributed by atoms with E-state index in [1.165, 1.54) is 4.68 Å². The van der Waals surface area contributed by atoms with Gasteiger partial charge >= 0.3 is 5.76 Å². The summed E-state index contributed by atoms with van der Waals surface area (Å²) >= 11 is 5.71. The number of halogens is 1. The van der Waals surface area contributed by atoms with Gasteiger partial charge in [-0.25, -0.2) is 4.79 Å². The fourth-order valence-electron chi connectivity index (χ4n) is 1.12. The van der Waals surface area contributed by atoms with Gasteiger partial charge in [0, 0.05) is 11.9 Å². The van der Waals surface area contributed by atoms with Crippen molar-refractivity contribution in [3.8, 4) is 5.69 Å². The van der Waals surface area contributed by atoms with Crippen molar-refractivity contribution in [2.24, 2.45) is 0 Å². The fourth-order valence-corrected chi connectivity index (χ4v) is 1.24. The molecule has 0 amide bonds. The molecule has 72 valence electrons. The molecule has 0 fully saturated rings. The van der Waals surface area contributed by atoms with E-state index in [2.05, 4.69) is 5.10 Å². The molecule has 0 aliphatic carbocycles. The Morgan fingerprint density at radius 3 is 2.50 bits per heavy atom. The molecule has 14 heavy (non-hydrogen) atoms. The first-order valence-electron chi connectivity index (χ1n) is 3.99. The molecule has 0 saturated carbocycles. The monoisotopic (exact) mass is 210 g/mol. The predicted octanol–water partition coefficient (Wildman–Crippen LogP) is 1.79. The molecular formula is C9H7ClN2O2. The van der Waals surface area contributed by atoms with Crippen LogP contribution in [-0.2, 0) is 0 Å². The lowest BCUT2D eigenvalue weighted by molar-refractivity contribution is 0.477. The summed E-state index contributed by atoms with van der Waals surface area (Å²) in [6, 6.07) is 6.78. The number of nitrogens with zero attached hydrogens (tertiary/aromatic N) is 2. The molecule has 0 aliphatic heterocycles. The standard InChI is InChI=1S/C9H7ClN2O2/c1-6-11-12(9(13)14-6)8-4-2-7(10)3-5-8/h2-5H,1H3. The Labute approximate surface area is 84.7 Å². The molecule has 2 aromatic rings. The van der Waals surface area contributed by atoms with Crippen LogP contribution in [0.5, 0.6) is 0 Å². The van der Waals surface area contributed by atoms with Crippen LogP contribution in [0.25, 0.3) is 5.69 Å². The van der Waals surface area contributed by atoms with Gasteiger partial charge in [0.2, 0.25) is 5.89 Å². The van der Waals surface area contributed by atoms with Crippen LogP contribution in [0.3, 0.4) is 0 Å². The number of hydrogen-bond acceptors (Lipinski definition) is 3. The highest BCUT2D eigenvalue weighted by atomic mass is 35.5. The second-order valence-electron chi connectivity index (χ2n) is 2.78. The van der Waals surface area contributed by atoms with Crippen LogP contribution in [0.1, 0.15) is 5.89 Å². The molecule has 1 aromatic heterocycles. The van der Waals surface area contributed by atoms with Crippen LogP contribution in [0.2, 0.25) is 5.02 Å². The van der Waals surface area contributed by atoms with E-state index in [1.54, 1.807) is 31.2 Å². The van der Waals surface area contributed by atoms with Crippen molar-refractivity contribution in [2.75, 3.05) is 0 Å². The molecule has 5 heteroatoms. The third-order valence-corrected chi connectivity index (χ3v) is 1.97. The van der Waals surface area contributed by atoms with E-state index >= 15 is 0 Å². The SMILES string of the molecule is Cc1nn(-c2ccc(Cl)cc2)c(=O)o1. The Morgan fingerprint density at radius 2 is 2.00 bits per heavy atom. The highest BCUT2D eigenvalue weighted by Gasteiger charge is 2.05. The molecule has 0 radical (unpaired) electrons. The van der Waals surface area contributed by atoms with E-state index in [4.69, 9.17) is 16.0 Å². The van der Waals surface area contributed by atoms with Crippen LogP contribution in [-0.4, -0.2) is 9.78 Å². The summed E-state index contributed by atoms with van der Waals surface area (Å²) in [7, 11) is 0. The van der Waals surface area contributed by atoms with E-state index in [1.807, 2.05) is 0 Å². The molecule has 1 aromatic carbocycles. The maximum atomic E-state index is 11.2. The maximum Gasteiger partial charge on any atom is 0.441 e. The number of aryl methyl sites for hydroxylation is 1. The van der Waals surface area contributed by atoms with Crippen molar-refractivity contribution in [3.05, 3.63) is 45.7 Å². The Bertz CT molecular complexity index is 498. The lowest BCUT2D eigenvalue weighted by Gasteiger charge is -1.96. The average molecular weight is 211 g/mol. The average Bonchev–Trinajstić information content (AvgIpc) is 2.47. The topological polar surface area (TPSA) is 48.0 Å². The van der Waals surface area contributed by atoms with Crippen LogP contribution in [0, 0.1) is 6.92 Å². The van der Waals surface area contributed by atoms with Gasteiger partial charge in [-0.2, -0.15) is 4.68 Å². The fraction of sp³-hybridized carbons (Fsp3) is 0.111. The molecule has 4 nitrogen and oxygen atoms in total. The largest absolute Gasteiger partial charge is 0.441 e. The zero-order valence-electron chi connectivity index (χ0n) is 7.40. The number of rotatable bonds is 1. The van der Waals surface area contributed by atoms with Crippen LogP contribution in [0.4, 0.5) is 0 Å². The van der Waals surface area contributed by atoms with Gasteiger partial charge in [-0.15, -0.1) is 5.10 Å². The van der Waals surface area contributed by atoms with Gasteiger partial charge in [-0.05, 0) is 24.3 Å². The minimum atomic E-state index is -0.496. The third-order valence-electron chi connectivity index (χ3n) is 1.72. The Kier molecular flexibility index (Phi) is 2.13. The van der Waals surface area contributed by atoms with Crippen molar-refractivity contribution in [1.29, 1.82) is 0 Å². The Hall–Kier alpha value is -1.55. The van der Waals surface area contributed by atoms with Gasteiger partial charge in [0.15, 0.2) is 0 Å². The molecular weight excluding hydrogens is 204 g/mol. The summed E-state index contributed by atoms with van der Waals surface area (Å²) in [5.41, 5.74) is 0.635. The van der Waals surface area contributed by atoms with Gasteiger partial charge < -0.3 is 4.42 Å². The highest BCUT2D eigenvalue weighted by Crippen LogP contribution is 2.11. The molecule has 1 heterocycles. The minimum absolute atomic E-state index is 0.338. The summed E-state index contributed by atoms with van der Waals surface area (Å²) in [6.45, 7) is 1.62. The van der Waals surface area contributed by atoms with Crippen LogP contribution in [0.15, 0.2) is 33.5 Å². The second-order valence-corrected chi connectivity index (χ2v) is 3.21. The Balaban J connectivity index is 2.54. The summed E-state index contributed by atoms with van der Waals surface area (Å²) in [6.07, 6.45) is 0. The molecule has 0 unspecified atom stereocenters. The quantitative estimate of drug-likeness (QED) is 0.721. The first kappa shape index (κ1) is 9.02. The third kappa shape index (κ3) is 1.56. The van der Waals surface area contributed by atoms with Crippen molar-refractivity contribution in [2.45, 2.75) is 6.92 Å². The molecule has 0 spiro atoms. The van der Waals surface area contributed by atoms with Gasteiger partial charge in [0.25, 0.3) is 0 Å². The maximum absolute atomic E-state index is 11.2. The molecule has 0 atom stereocenters. The zero-order chi connectivity index (χ0) is 10.1. The number of benzene rings is 1. The van der Waals surface area contributed by atoms with Crippen molar-refractivity contribution < 1.29 is 4.42 Å². The predicted molar refractivity (Wildman–Crippen MR) is 51.8 cm³/mol.